The number of halogens is 1. The topological polar surface area (TPSA) is 55.8 Å². The molecule has 2 rings (SSSR count). The molecule has 1 saturated heterocycles. The monoisotopic (exact) mass is 383 g/mol. The molecule has 0 aliphatic carbocycles. The maximum absolute atomic E-state index is 12.1. The minimum Gasteiger partial charge on any atom is -0.465 e. The van der Waals surface area contributed by atoms with Crippen LogP contribution in [0.2, 0.25) is 0 Å². The summed E-state index contributed by atoms with van der Waals surface area (Å²) in [6.07, 6.45) is 2.50. The van der Waals surface area contributed by atoms with E-state index in [4.69, 9.17) is 9.47 Å². The third-order valence-corrected chi connectivity index (χ3v) is 4.67. The van der Waals surface area contributed by atoms with E-state index in [9.17, 15) is 9.59 Å². The Morgan fingerprint density at radius 3 is 2.08 bits per heavy atom. The molecule has 0 spiro atoms. The second-order valence-electron chi connectivity index (χ2n) is 6.50. The minimum atomic E-state index is -0.787. The molecule has 1 aromatic carbocycles. The van der Waals surface area contributed by atoms with Gasteiger partial charge in [0.25, 0.3) is 0 Å². The van der Waals surface area contributed by atoms with Crippen LogP contribution in [0.1, 0.15) is 38.7 Å². The summed E-state index contributed by atoms with van der Waals surface area (Å²) in [6.45, 7) is 6.99. The number of carbonyl (C=O) groups excluding carboxylic acids is 2. The molecule has 146 valence electrons. The molecule has 1 heterocycles. The maximum Gasteiger partial charge on any atom is 0.320 e. The first kappa shape index (κ1) is 22.5. The molecule has 0 aromatic heterocycles. The predicted molar refractivity (Wildman–Crippen MR) is 103 cm³/mol. The van der Waals surface area contributed by atoms with Gasteiger partial charge in [-0.3, -0.25) is 14.5 Å². The van der Waals surface area contributed by atoms with E-state index in [0.717, 1.165) is 32.5 Å². The molecule has 1 aromatic rings. The molecule has 0 saturated carbocycles. The van der Waals surface area contributed by atoms with Crippen LogP contribution < -0.4 is 0 Å². The van der Waals surface area contributed by atoms with Crippen molar-refractivity contribution in [2.75, 3.05) is 26.3 Å². The number of nitrogens with zero attached hydrogens (tertiary/aromatic N) is 1. The van der Waals surface area contributed by atoms with Crippen molar-refractivity contribution in [3.8, 4) is 0 Å². The summed E-state index contributed by atoms with van der Waals surface area (Å²) in [6, 6.07) is 10.4. The zero-order valence-electron chi connectivity index (χ0n) is 15.7. The van der Waals surface area contributed by atoms with Gasteiger partial charge in [-0.25, -0.2) is 0 Å². The van der Waals surface area contributed by atoms with Crippen LogP contribution in [0.3, 0.4) is 0 Å². The average Bonchev–Trinajstić information content (AvgIpc) is 2.62. The fraction of sp³-hybridized carbons (Fsp3) is 0.600. The highest BCUT2D eigenvalue weighted by molar-refractivity contribution is 5.94. The molecule has 0 unspecified atom stereocenters. The third-order valence-electron chi connectivity index (χ3n) is 4.67. The standard InChI is InChI=1S/C20H29NO4.ClH/c1-3-24-19(22)18(20(23)25-4-2)14-16-10-12-21(13-11-16)15-17-8-6-5-7-9-17;/h5-9,16,18H,3-4,10-15H2,1-2H3;1H. The predicted octanol–water partition coefficient (Wildman–Crippen LogP) is 3.45. The Kier molecular flexibility index (Phi) is 10.3. The van der Waals surface area contributed by atoms with Crippen LogP contribution in [0.4, 0.5) is 0 Å². The van der Waals surface area contributed by atoms with Gasteiger partial charge in [-0.2, -0.15) is 0 Å². The van der Waals surface area contributed by atoms with E-state index in [0.29, 0.717) is 12.3 Å². The number of piperidine rings is 1. The molecule has 1 fully saturated rings. The summed E-state index contributed by atoms with van der Waals surface area (Å²) in [5.74, 6) is -1.34. The van der Waals surface area contributed by atoms with Gasteiger partial charge >= 0.3 is 11.9 Å². The van der Waals surface area contributed by atoms with Gasteiger partial charge in [0.15, 0.2) is 5.92 Å². The second-order valence-corrected chi connectivity index (χ2v) is 6.50. The quantitative estimate of drug-likeness (QED) is 0.508. The Morgan fingerprint density at radius 1 is 1.04 bits per heavy atom. The van der Waals surface area contributed by atoms with Crippen LogP contribution >= 0.6 is 12.4 Å². The van der Waals surface area contributed by atoms with Gasteiger partial charge in [-0.1, -0.05) is 30.3 Å². The lowest BCUT2D eigenvalue weighted by molar-refractivity contribution is -0.162. The molecule has 0 N–H and O–H groups in total. The van der Waals surface area contributed by atoms with E-state index in [1.807, 2.05) is 6.07 Å². The zero-order valence-corrected chi connectivity index (χ0v) is 16.5. The van der Waals surface area contributed by atoms with Gasteiger partial charge in [0.1, 0.15) is 0 Å². The number of hydrogen-bond donors (Lipinski definition) is 0. The summed E-state index contributed by atoms with van der Waals surface area (Å²) < 4.78 is 10.1. The Bertz CT molecular complexity index is 526. The van der Waals surface area contributed by atoms with E-state index in [-0.39, 0.29) is 25.6 Å². The number of esters is 2. The van der Waals surface area contributed by atoms with Crippen LogP contribution in [0.15, 0.2) is 30.3 Å². The summed E-state index contributed by atoms with van der Waals surface area (Å²) >= 11 is 0. The highest BCUT2D eigenvalue weighted by atomic mass is 35.5. The highest BCUT2D eigenvalue weighted by Gasteiger charge is 2.33. The fourth-order valence-corrected chi connectivity index (χ4v) is 3.33. The molecular weight excluding hydrogens is 354 g/mol. The molecule has 0 atom stereocenters. The molecule has 0 bridgehead atoms. The third kappa shape index (κ3) is 6.96. The number of benzene rings is 1. The molecular formula is C20H30ClNO4. The number of likely N-dealkylation sites (tertiary alicyclic amines) is 1. The Morgan fingerprint density at radius 2 is 1.58 bits per heavy atom. The number of rotatable bonds is 8. The van der Waals surface area contributed by atoms with E-state index >= 15 is 0 Å². The lowest BCUT2D eigenvalue weighted by atomic mass is 9.87. The summed E-state index contributed by atoms with van der Waals surface area (Å²) in [4.78, 5) is 26.6. The SMILES string of the molecule is CCOC(=O)C(CC1CCN(Cc2ccccc2)CC1)C(=O)OCC.Cl. The van der Waals surface area contributed by atoms with Gasteiger partial charge in [0, 0.05) is 6.54 Å². The van der Waals surface area contributed by atoms with E-state index < -0.39 is 17.9 Å². The molecule has 0 radical (unpaired) electrons. The minimum absolute atomic E-state index is 0. The molecule has 26 heavy (non-hydrogen) atoms. The lowest BCUT2D eigenvalue weighted by Crippen LogP contribution is -2.36. The van der Waals surface area contributed by atoms with Gasteiger partial charge < -0.3 is 9.47 Å². The second kappa shape index (κ2) is 11.9. The molecule has 0 amide bonds. The first-order chi connectivity index (χ1) is 12.1. The van der Waals surface area contributed by atoms with Crippen molar-refractivity contribution in [1.29, 1.82) is 0 Å². The van der Waals surface area contributed by atoms with E-state index in [2.05, 4.69) is 29.2 Å². The van der Waals surface area contributed by atoms with Crippen molar-refractivity contribution in [3.63, 3.8) is 0 Å². The van der Waals surface area contributed by atoms with Gasteiger partial charge in [-0.15, -0.1) is 12.4 Å². The van der Waals surface area contributed by atoms with Crippen molar-refractivity contribution in [3.05, 3.63) is 35.9 Å². The largest absolute Gasteiger partial charge is 0.465 e. The van der Waals surface area contributed by atoms with Crippen LogP contribution in [0.5, 0.6) is 0 Å². The first-order valence-electron chi connectivity index (χ1n) is 9.23. The Balaban J connectivity index is 0.00000338. The van der Waals surface area contributed by atoms with Crippen LogP contribution in [-0.2, 0) is 25.6 Å². The number of hydrogen-bond acceptors (Lipinski definition) is 5. The van der Waals surface area contributed by atoms with Crippen molar-refractivity contribution in [2.24, 2.45) is 11.8 Å². The van der Waals surface area contributed by atoms with Crippen molar-refractivity contribution in [2.45, 2.75) is 39.7 Å². The maximum atomic E-state index is 12.1. The van der Waals surface area contributed by atoms with Gasteiger partial charge in [0.05, 0.1) is 13.2 Å². The van der Waals surface area contributed by atoms with Crippen LogP contribution in [-0.4, -0.2) is 43.1 Å². The summed E-state index contributed by atoms with van der Waals surface area (Å²) in [7, 11) is 0. The Hall–Kier alpha value is -1.59. The molecule has 6 heteroatoms. The smallest absolute Gasteiger partial charge is 0.320 e. The van der Waals surface area contributed by atoms with E-state index in [1.165, 1.54) is 5.56 Å². The molecule has 1 aliphatic heterocycles. The van der Waals surface area contributed by atoms with Gasteiger partial charge in [-0.05, 0) is 57.7 Å². The molecule has 5 nitrogen and oxygen atoms in total. The lowest BCUT2D eigenvalue weighted by Gasteiger charge is -2.33. The normalized spacial score (nSPS) is 15.3. The van der Waals surface area contributed by atoms with Crippen molar-refractivity contribution in [1.82, 2.24) is 4.90 Å². The molecule has 1 aliphatic rings. The fourth-order valence-electron chi connectivity index (χ4n) is 3.33. The number of carbonyl (C=O) groups is 2. The summed E-state index contributed by atoms with van der Waals surface area (Å²) in [5.41, 5.74) is 1.32. The van der Waals surface area contributed by atoms with E-state index in [1.54, 1.807) is 13.8 Å². The van der Waals surface area contributed by atoms with Crippen molar-refractivity contribution < 1.29 is 19.1 Å². The number of ether oxygens (including phenoxy) is 2. The summed E-state index contributed by atoms with van der Waals surface area (Å²) in [5, 5.41) is 0. The zero-order chi connectivity index (χ0) is 18.1. The highest BCUT2D eigenvalue weighted by Crippen LogP contribution is 2.26. The average molecular weight is 384 g/mol. The van der Waals surface area contributed by atoms with Crippen LogP contribution in [0, 0.1) is 11.8 Å². The Labute approximate surface area is 162 Å². The van der Waals surface area contributed by atoms with Gasteiger partial charge in [0.2, 0.25) is 0 Å². The van der Waals surface area contributed by atoms with Crippen LogP contribution in [0.25, 0.3) is 0 Å². The van der Waals surface area contributed by atoms with Crippen molar-refractivity contribution >= 4 is 24.3 Å². The first-order valence-corrected chi connectivity index (χ1v) is 9.23.